The van der Waals surface area contributed by atoms with Crippen molar-refractivity contribution in [3.05, 3.63) is 64.6 Å². The molecule has 3 aliphatic heterocycles. The zero-order chi connectivity index (χ0) is 30.1. The Labute approximate surface area is 243 Å². The molecule has 3 aromatic rings. The van der Waals surface area contributed by atoms with E-state index in [9.17, 15) is 27.2 Å². The summed E-state index contributed by atoms with van der Waals surface area (Å²) in [6, 6.07) is 3.09. The van der Waals surface area contributed by atoms with Crippen LogP contribution in [0.4, 0.5) is 27.8 Å². The van der Waals surface area contributed by atoms with E-state index in [1.165, 1.54) is 10.6 Å². The van der Waals surface area contributed by atoms with Crippen LogP contribution in [-0.4, -0.2) is 67.0 Å². The van der Waals surface area contributed by atoms with Crippen LogP contribution in [0.3, 0.4) is 0 Å². The van der Waals surface area contributed by atoms with Crippen molar-refractivity contribution >= 4 is 43.3 Å². The second-order valence-electron chi connectivity index (χ2n) is 11.1. The Morgan fingerprint density at radius 3 is 2.62 bits per heavy atom. The van der Waals surface area contributed by atoms with Gasteiger partial charge in [-0.25, -0.2) is 13.6 Å². The van der Waals surface area contributed by atoms with Crippen LogP contribution in [0.15, 0.2) is 46.6 Å². The fraction of sp³-hybridized carbons (Fsp3) is 0.393. The largest absolute Gasteiger partial charge is 0.417 e. The van der Waals surface area contributed by atoms with Crippen LogP contribution in [0, 0.1) is 17.0 Å². The van der Waals surface area contributed by atoms with Crippen LogP contribution in [-0.2, 0) is 22.3 Å². The van der Waals surface area contributed by atoms with Gasteiger partial charge in [-0.05, 0) is 31.2 Å². The minimum atomic E-state index is -4.91. The highest BCUT2D eigenvalue weighted by atomic mass is 32.2. The average Bonchev–Trinajstić information content (AvgIpc) is 3.10. The highest BCUT2D eigenvalue weighted by Crippen LogP contribution is 2.51. The molecule has 2 fully saturated rings. The Kier molecular flexibility index (Phi) is 7.01. The van der Waals surface area contributed by atoms with E-state index >= 15 is 4.39 Å². The van der Waals surface area contributed by atoms with Crippen molar-refractivity contribution in [2.75, 3.05) is 36.2 Å². The van der Waals surface area contributed by atoms with E-state index in [4.69, 9.17) is 4.74 Å². The number of rotatable bonds is 3. The highest BCUT2D eigenvalue weighted by molar-refractivity contribution is 7.99. The van der Waals surface area contributed by atoms with Crippen molar-refractivity contribution < 1.29 is 31.5 Å². The Balaban J connectivity index is 1.66. The van der Waals surface area contributed by atoms with Gasteiger partial charge in [0.25, 0.3) is 0 Å². The standard InChI is InChI=1S/C28H26F5N4O3SSi/c1-4-21(38)36-14-42(3)37(9-15(36)2)25-18-8-19(28(31,32)33)22(17-6-5-16(29)7-20(17)30)24-23(18)35(26(39)34-25)10-27(13-41-24)11-40-12-27/h4-8,15H,1,9-14H2,2-3H3/t15-/m1/s1. The molecule has 4 heterocycles. The number of amides is 1. The zero-order valence-electron chi connectivity index (χ0n) is 22.7. The lowest BCUT2D eigenvalue weighted by molar-refractivity contribution is -0.137. The molecular weight excluding hydrogens is 595 g/mol. The van der Waals surface area contributed by atoms with E-state index in [1.54, 1.807) is 4.90 Å². The first kappa shape index (κ1) is 28.9. The Morgan fingerprint density at radius 2 is 2.00 bits per heavy atom. The summed E-state index contributed by atoms with van der Waals surface area (Å²) in [5, 5.41) is 0.119. The predicted octanol–water partition coefficient (Wildman–Crippen LogP) is 4.87. The van der Waals surface area contributed by atoms with E-state index in [0.717, 1.165) is 30.0 Å². The fourth-order valence-electron chi connectivity index (χ4n) is 5.93. The van der Waals surface area contributed by atoms with Gasteiger partial charge in [0, 0.05) is 63.9 Å². The third-order valence-electron chi connectivity index (χ3n) is 8.09. The smallest absolute Gasteiger partial charge is 0.380 e. The van der Waals surface area contributed by atoms with E-state index in [-0.39, 0.29) is 46.7 Å². The van der Waals surface area contributed by atoms with Gasteiger partial charge in [0.15, 0.2) is 8.96 Å². The molecule has 1 amide bonds. The second-order valence-corrected chi connectivity index (χ2v) is 14.4. The number of benzene rings is 2. The quantitative estimate of drug-likeness (QED) is 0.236. The third kappa shape index (κ3) is 4.63. The van der Waals surface area contributed by atoms with Gasteiger partial charge in [-0.1, -0.05) is 13.1 Å². The summed E-state index contributed by atoms with van der Waals surface area (Å²) in [5.74, 6) is -1.86. The van der Waals surface area contributed by atoms with Crippen molar-refractivity contribution in [1.82, 2.24) is 14.5 Å². The molecule has 1 spiro atoms. The first-order chi connectivity index (χ1) is 19.8. The van der Waals surface area contributed by atoms with Gasteiger partial charge < -0.3 is 14.2 Å². The molecule has 1 atom stereocenters. The van der Waals surface area contributed by atoms with Crippen LogP contribution >= 0.6 is 11.8 Å². The van der Waals surface area contributed by atoms with Crippen LogP contribution < -0.4 is 10.3 Å². The molecule has 0 N–H and O–H groups in total. The lowest BCUT2D eigenvalue weighted by Crippen LogP contribution is -2.61. The van der Waals surface area contributed by atoms with E-state index in [2.05, 4.69) is 11.6 Å². The van der Waals surface area contributed by atoms with Gasteiger partial charge >= 0.3 is 11.9 Å². The van der Waals surface area contributed by atoms with Gasteiger partial charge in [0.05, 0.1) is 24.3 Å². The summed E-state index contributed by atoms with van der Waals surface area (Å²) in [4.78, 5) is 32.2. The number of halogens is 5. The first-order valence-corrected chi connectivity index (χ1v) is 16.4. The molecule has 6 rings (SSSR count). The van der Waals surface area contributed by atoms with Gasteiger partial charge in [0.2, 0.25) is 5.91 Å². The Hall–Kier alpha value is -3.23. The van der Waals surface area contributed by atoms with E-state index in [1.807, 2.05) is 18.0 Å². The van der Waals surface area contributed by atoms with Crippen molar-refractivity contribution in [3.63, 3.8) is 0 Å². The summed E-state index contributed by atoms with van der Waals surface area (Å²) in [6.07, 6.45) is -3.34. The lowest BCUT2D eigenvalue weighted by Gasteiger charge is -2.44. The molecule has 2 saturated heterocycles. The first-order valence-electron chi connectivity index (χ1n) is 13.2. The number of thioether (sulfide) groups is 1. The lowest BCUT2D eigenvalue weighted by atomic mass is 9.88. The summed E-state index contributed by atoms with van der Waals surface area (Å²) in [7, 11) is -1.62. The number of alkyl halides is 3. The topological polar surface area (TPSA) is 67.7 Å². The molecule has 0 aliphatic carbocycles. The van der Waals surface area contributed by atoms with Crippen LogP contribution in [0.2, 0.25) is 6.55 Å². The van der Waals surface area contributed by atoms with Crippen molar-refractivity contribution in [3.8, 4) is 11.1 Å². The minimum Gasteiger partial charge on any atom is -0.380 e. The molecule has 1 radical (unpaired) electrons. The number of hydrogen-bond acceptors (Lipinski definition) is 6. The van der Waals surface area contributed by atoms with Crippen LogP contribution in [0.1, 0.15) is 12.5 Å². The Bertz CT molecular complexity index is 1690. The van der Waals surface area contributed by atoms with Gasteiger partial charge in [-0.3, -0.25) is 9.36 Å². The maximum Gasteiger partial charge on any atom is 0.417 e. The third-order valence-corrected chi connectivity index (χ3v) is 11.6. The molecule has 0 unspecified atom stereocenters. The van der Waals surface area contributed by atoms with Crippen LogP contribution in [0.5, 0.6) is 0 Å². The Morgan fingerprint density at radius 1 is 1.26 bits per heavy atom. The molecule has 1 aromatic heterocycles. The van der Waals surface area contributed by atoms with Gasteiger partial charge in [-0.15, -0.1) is 11.8 Å². The maximum absolute atomic E-state index is 15.2. The molecule has 3 aliphatic rings. The molecule has 7 nitrogen and oxygen atoms in total. The maximum atomic E-state index is 15.2. The number of carbonyl (C=O) groups excluding carboxylic acids is 1. The summed E-state index contributed by atoms with van der Waals surface area (Å²) >= 11 is 1.12. The minimum absolute atomic E-state index is 0.0910. The molecule has 42 heavy (non-hydrogen) atoms. The molecule has 0 bridgehead atoms. The summed E-state index contributed by atoms with van der Waals surface area (Å²) < 4.78 is 82.2. The van der Waals surface area contributed by atoms with Crippen molar-refractivity contribution in [2.24, 2.45) is 5.41 Å². The summed E-state index contributed by atoms with van der Waals surface area (Å²) in [6.45, 7) is 8.33. The predicted molar refractivity (Wildman–Crippen MR) is 151 cm³/mol. The number of anilines is 1. The number of hydrogen-bond donors (Lipinski definition) is 0. The average molecular weight is 622 g/mol. The molecule has 0 saturated carbocycles. The number of nitrogens with zero attached hydrogens (tertiary/aromatic N) is 4. The number of carbonyl (C=O) groups is 1. The summed E-state index contributed by atoms with van der Waals surface area (Å²) in [5.41, 5.74) is -2.85. The normalized spacial score (nSPS) is 20.5. The van der Waals surface area contributed by atoms with Gasteiger partial charge in [0.1, 0.15) is 17.5 Å². The fourth-order valence-corrected chi connectivity index (χ4v) is 9.60. The molecule has 2 aromatic carbocycles. The molecule has 221 valence electrons. The van der Waals surface area contributed by atoms with Crippen LogP contribution in [0.25, 0.3) is 22.0 Å². The van der Waals surface area contributed by atoms with Gasteiger partial charge in [-0.2, -0.15) is 18.2 Å². The highest BCUT2D eigenvalue weighted by Gasteiger charge is 2.45. The SMILES string of the molecule is C=CC(=O)N1C[Si](C)N(c2nc(=O)n3c4c(c(-c5ccc(F)cc5F)c(C(F)(F)F)cc24)SCC2(COC2)C3)C[C@H]1C. The molecule has 14 heteroatoms. The van der Waals surface area contributed by atoms with Crippen molar-refractivity contribution in [1.29, 1.82) is 0 Å². The van der Waals surface area contributed by atoms with Crippen molar-refractivity contribution in [2.45, 2.75) is 37.1 Å². The second kappa shape index (κ2) is 10.2. The van der Waals surface area contributed by atoms with E-state index in [0.29, 0.717) is 31.2 Å². The number of ether oxygens (including phenoxy) is 1. The number of aromatic nitrogens is 2. The molecular formula is C28H26F5N4O3SSi. The monoisotopic (exact) mass is 621 g/mol. The zero-order valence-corrected chi connectivity index (χ0v) is 24.5. The van der Waals surface area contributed by atoms with E-state index < -0.39 is 54.6 Å².